The lowest BCUT2D eigenvalue weighted by molar-refractivity contribution is 0.328. The first-order valence-electron chi connectivity index (χ1n) is 10.3. The Hall–Kier alpha value is -1.95. The molecule has 3 aromatic rings. The van der Waals surface area contributed by atoms with Crippen LogP contribution in [0, 0.1) is 5.92 Å². The van der Waals surface area contributed by atoms with Gasteiger partial charge in [0.2, 0.25) is 0 Å². The number of hydrogen-bond donors (Lipinski definition) is 2. The molecule has 0 amide bonds. The van der Waals surface area contributed by atoms with E-state index in [1.807, 2.05) is 6.07 Å². The van der Waals surface area contributed by atoms with Crippen molar-refractivity contribution in [1.29, 1.82) is 0 Å². The minimum absolute atomic E-state index is 0.545. The second-order valence-electron chi connectivity index (χ2n) is 8.26. The molecule has 1 aliphatic heterocycles. The van der Waals surface area contributed by atoms with E-state index in [0.717, 1.165) is 31.1 Å². The van der Waals surface area contributed by atoms with Gasteiger partial charge in [-0.15, -0.1) is 0 Å². The van der Waals surface area contributed by atoms with Crippen molar-refractivity contribution in [1.82, 2.24) is 9.88 Å². The van der Waals surface area contributed by atoms with E-state index in [1.54, 1.807) is 0 Å². The smallest absolute Gasteiger partial charge is 0.134 e. The largest absolute Gasteiger partial charge is 0.593 e. The molecular formula is C23H27N3OS. The molecule has 0 radical (unpaired) electrons. The van der Waals surface area contributed by atoms with E-state index in [4.69, 9.17) is 0 Å². The van der Waals surface area contributed by atoms with Gasteiger partial charge in [0.1, 0.15) is 5.75 Å². The number of para-hydroxylation sites is 1. The molecule has 1 saturated heterocycles. The lowest BCUT2D eigenvalue weighted by atomic mass is 9.98. The number of H-pyrrole nitrogens is 1. The van der Waals surface area contributed by atoms with Gasteiger partial charge >= 0.3 is 0 Å². The van der Waals surface area contributed by atoms with Crippen LogP contribution in [0.1, 0.15) is 36.3 Å². The van der Waals surface area contributed by atoms with Gasteiger partial charge in [-0.2, -0.15) is 0 Å². The number of fused-ring (bicyclic) bond motifs is 1. The number of rotatable bonds is 7. The first-order valence-corrected chi connectivity index (χ1v) is 11.6. The SMILES string of the molecule is [O-][S+](CC1CC1)Nc1cccc(C2CCN(Cc3c[nH]c4ccccc34)C2)c1. The van der Waals surface area contributed by atoms with Gasteiger partial charge in [0.25, 0.3) is 0 Å². The molecule has 1 aromatic heterocycles. The van der Waals surface area contributed by atoms with Crippen LogP contribution >= 0.6 is 0 Å². The molecule has 2 atom stereocenters. The molecule has 2 fully saturated rings. The van der Waals surface area contributed by atoms with Crippen LogP contribution < -0.4 is 4.72 Å². The maximum atomic E-state index is 12.2. The highest BCUT2D eigenvalue weighted by molar-refractivity contribution is 7.92. The zero-order valence-electron chi connectivity index (χ0n) is 16.1. The summed E-state index contributed by atoms with van der Waals surface area (Å²) in [7, 11) is 0. The fraction of sp³-hybridized carbons (Fsp3) is 0.391. The second-order valence-corrected chi connectivity index (χ2v) is 9.49. The highest BCUT2D eigenvalue weighted by atomic mass is 32.2. The highest BCUT2D eigenvalue weighted by Gasteiger charge is 2.28. The number of aromatic nitrogens is 1. The van der Waals surface area contributed by atoms with Crippen LogP contribution in [0.3, 0.4) is 0 Å². The van der Waals surface area contributed by atoms with Crippen LogP contribution in [0.15, 0.2) is 54.7 Å². The van der Waals surface area contributed by atoms with Crippen LogP contribution in [-0.4, -0.2) is 33.3 Å². The van der Waals surface area contributed by atoms with Crippen molar-refractivity contribution in [3.8, 4) is 0 Å². The second kappa shape index (κ2) is 7.82. The van der Waals surface area contributed by atoms with Gasteiger partial charge in [-0.05, 0) is 61.1 Å². The Labute approximate surface area is 169 Å². The van der Waals surface area contributed by atoms with Crippen molar-refractivity contribution in [3.05, 3.63) is 65.9 Å². The van der Waals surface area contributed by atoms with Crippen molar-refractivity contribution in [3.63, 3.8) is 0 Å². The van der Waals surface area contributed by atoms with Crippen LogP contribution in [-0.2, 0) is 17.9 Å². The Morgan fingerprint density at radius 1 is 1.11 bits per heavy atom. The monoisotopic (exact) mass is 393 g/mol. The van der Waals surface area contributed by atoms with Crippen LogP contribution in [0.4, 0.5) is 5.69 Å². The molecular weight excluding hydrogens is 366 g/mol. The number of benzene rings is 2. The predicted octanol–water partition coefficient (Wildman–Crippen LogP) is 4.64. The standard InChI is InChI=1S/C23H27N3OS/c27-28(16-17-8-9-17)25-21-5-3-4-18(12-21)19-10-11-26(14-19)15-20-13-24-23-7-2-1-6-22(20)23/h1-7,12-13,17,19,24-25H,8-11,14-16H2. The molecule has 5 rings (SSSR count). The summed E-state index contributed by atoms with van der Waals surface area (Å²) in [5, 5.41) is 1.33. The summed E-state index contributed by atoms with van der Waals surface area (Å²) in [6, 6.07) is 17.1. The average Bonchev–Trinajstić information content (AvgIpc) is 3.24. The molecule has 2 aliphatic rings. The number of anilines is 1. The maximum Gasteiger partial charge on any atom is 0.134 e. The number of likely N-dealkylation sites (tertiary alicyclic amines) is 1. The topological polar surface area (TPSA) is 54.1 Å². The van der Waals surface area contributed by atoms with Gasteiger partial charge in [-0.1, -0.05) is 30.3 Å². The first-order chi connectivity index (χ1) is 13.7. The van der Waals surface area contributed by atoms with Crippen LogP contribution in [0.25, 0.3) is 10.9 Å². The molecule has 5 heteroatoms. The van der Waals surface area contributed by atoms with E-state index >= 15 is 0 Å². The van der Waals surface area contributed by atoms with Crippen molar-refractivity contribution >= 4 is 28.0 Å². The number of aromatic amines is 1. The molecule has 1 saturated carbocycles. The normalized spacial score (nSPS) is 21.2. The summed E-state index contributed by atoms with van der Waals surface area (Å²) in [5.41, 5.74) is 4.94. The summed E-state index contributed by atoms with van der Waals surface area (Å²) in [6.07, 6.45) is 5.80. The molecule has 0 spiro atoms. The summed E-state index contributed by atoms with van der Waals surface area (Å²) in [4.78, 5) is 5.93. The van der Waals surface area contributed by atoms with Crippen LogP contribution in [0.2, 0.25) is 0 Å². The molecule has 2 heterocycles. The van der Waals surface area contributed by atoms with E-state index < -0.39 is 11.4 Å². The van der Waals surface area contributed by atoms with Crippen LogP contribution in [0.5, 0.6) is 0 Å². The Morgan fingerprint density at radius 3 is 2.89 bits per heavy atom. The summed E-state index contributed by atoms with van der Waals surface area (Å²) in [6.45, 7) is 3.19. The van der Waals surface area contributed by atoms with Gasteiger partial charge in [0.15, 0.2) is 0 Å². The highest BCUT2D eigenvalue weighted by Crippen LogP contribution is 2.32. The Balaban J connectivity index is 1.22. The number of nitrogens with zero attached hydrogens (tertiary/aromatic N) is 1. The summed E-state index contributed by atoms with van der Waals surface area (Å²) in [5.74, 6) is 2.00. The third-order valence-corrected chi connectivity index (χ3v) is 7.25. The molecule has 4 nitrogen and oxygen atoms in total. The van der Waals surface area contributed by atoms with E-state index in [0.29, 0.717) is 11.8 Å². The van der Waals surface area contributed by atoms with Gasteiger partial charge in [0.05, 0.1) is 17.0 Å². The molecule has 28 heavy (non-hydrogen) atoms. The van der Waals surface area contributed by atoms with E-state index in [-0.39, 0.29) is 0 Å². The average molecular weight is 394 g/mol. The Morgan fingerprint density at radius 2 is 2.00 bits per heavy atom. The van der Waals surface area contributed by atoms with Crippen molar-refractivity contribution in [2.45, 2.75) is 31.7 Å². The molecule has 0 bridgehead atoms. The fourth-order valence-electron chi connectivity index (χ4n) is 4.28. The van der Waals surface area contributed by atoms with Crippen molar-refractivity contribution < 1.29 is 4.55 Å². The third-order valence-electron chi connectivity index (χ3n) is 6.01. The minimum atomic E-state index is -0.955. The quantitative estimate of drug-likeness (QED) is 0.575. The molecule has 2 aromatic carbocycles. The third kappa shape index (κ3) is 4.07. The van der Waals surface area contributed by atoms with Gasteiger partial charge in [-0.25, -0.2) is 4.72 Å². The minimum Gasteiger partial charge on any atom is -0.593 e. The summed E-state index contributed by atoms with van der Waals surface area (Å²) >= 11 is -0.955. The van der Waals surface area contributed by atoms with E-state index in [1.165, 1.54) is 41.3 Å². The Bertz CT molecular complexity index is 952. The molecule has 146 valence electrons. The van der Waals surface area contributed by atoms with Gasteiger partial charge in [0, 0.05) is 36.1 Å². The maximum absolute atomic E-state index is 12.2. The zero-order valence-corrected chi connectivity index (χ0v) is 16.9. The molecule has 1 aliphatic carbocycles. The fourth-order valence-corrected chi connectivity index (χ4v) is 5.51. The lowest BCUT2D eigenvalue weighted by Crippen LogP contribution is -2.20. The van der Waals surface area contributed by atoms with Gasteiger partial charge < -0.3 is 9.54 Å². The van der Waals surface area contributed by atoms with Gasteiger partial charge in [-0.3, -0.25) is 4.90 Å². The lowest BCUT2D eigenvalue weighted by Gasteiger charge is -2.17. The predicted molar refractivity (Wildman–Crippen MR) is 117 cm³/mol. The van der Waals surface area contributed by atoms with Crippen molar-refractivity contribution in [2.75, 3.05) is 23.6 Å². The van der Waals surface area contributed by atoms with E-state index in [9.17, 15) is 4.55 Å². The van der Waals surface area contributed by atoms with E-state index in [2.05, 4.69) is 63.3 Å². The molecule has 2 N–H and O–H groups in total. The molecule has 2 unspecified atom stereocenters. The zero-order chi connectivity index (χ0) is 18.9. The van der Waals surface area contributed by atoms with Crippen molar-refractivity contribution in [2.24, 2.45) is 5.92 Å². The number of nitrogens with one attached hydrogen (secondary N) is 2. The Kier molecular flexibility index (Phi) is 5.05. The summed E-state index contributed by atoms with van der Waals surface area (Å²) < 4.78 is 15.4. The first kappa shape index (κ1) is 18.1. The number of hydrogen-bond acceptors (Lipinski definition) is 3.